The molecule has 1 aliphatic rings. The molecule has 1 amide bonds. The largest absolute Gasteiger partial charge is 0.450 e. The summed E-state index contributed by atoms with van der Waals surface area (Å²) in [5.41, 5.74) is 6.25. The van der Waals surface area contributed by atoms with Crippen molar-refractivity contribution in [3.63, 3.8) is 0 Å². The molecule has 1 fully saturated rings. The first kappa shape index (κ1) is 20.5. The van der Waals surface area contributed by atoms with E-state index in [2.05, 4.69) is 33.5 Å². The third-order valence-corrected chi connectivity index (χ3v) is 6.03. The van der Waals surface area contributed by atoms with Gasteiger partial charge in [-0.05, 0) is 45.1 Å². The van der Waals surface area contributed by atoms with Crippen LogP contribution in [-0.4, -0.2) is 57.5 Å². The minimum atomic E-state index is -1.17. The van der Waals surface area contributed by atoms with Gasteiger partial charge < -0.3 is 20.1 Å². The van der Waals surface area contributed by atoms with Crippen LogP contribution in [0.15, 0.2) is 0 Å². The van der Waals surface area contributed by atoms with Crippen molar-refractivity contribution in [1.82, 2.24) is 4.90 Å². The molecule has 23 heavy (non-hydrogen) atoms. The highest BCUT2D eigenvalue weighted by atomic mass is 28.3. The molecule has 0 spiro atoms. The van der Waals surface area contributed by atoms with Crippen molar-refractivity contribution in [2.24, 2.45) is 11.7 Å². The van der Waals surface area contributed by atoms with E-state index in [4.69, 9.17) is 15.2 Å². The first-order chi connectivity index (χ1) is 10.6. The molecule has 0 radical (unpaired) electrons. The maximum Gasteiger partial charge on any atom is 0.409 e. The van der Waals surface area contributed by atoms with Crippen molar-refractivity contribution >= 4 is 14.2 Å². The van der Waals surface area contributed by atoms with Gasteiger partial charge in [0.15, 0.2) is 0 Å². The van der Waals surface area contributed by atoms with Gasteiger partial charge in [0, 0.05) is 27.7 Å². The molecule has 1 saturated heterocycles. The molecular weight excluding hydrogens is 308 g/mol. The van der Waals surface area contributed by atoms with Gasteiger partial charge in [-0.15, -0.1) is 0 Å². The summed E-state index contributed by atoms with van der Waals surface area (Å²) in [4.78, 5) is 13.6. The number of likely N-dealkylation sites (N-methyl/N-ethyl adjacent to an activating group) is 1. The van der Waals surface area contributed by atoms with Crippen molar-refractivity contribution in [2.45, 2.75) is 77.0 Å². The minimum absolute atomic E-state index is 0.00737. The van der Waals surface area contributed by atoms with E-state index >= 15 is 0 Å². The molecule has 1 aliphatic heterocycles. The highest BCUT2D eigenvalue weighted by molar-refractivity contribution is 6.76. The Morgan fingerprint density at radius 1 is 1.30 bits per heavy atom. The number of hydrogen-bond acceptors (Lipinski definition) is 4. The molecule has 0 aliphatic carbocycles. The topological polar surface area (TPSA) is 64.8 Å². The zero-order valence-electron chi connectivity index (χ0n) is 15.8. The zero-order chi connectivity index (χ0) is 17.6. The van der Waals surface area contributed by atoms with Crippen LogP contribution in [0.4, 0.5) is 4.79 Å². The molecule has 136 valence electrons. The lowest BCUT2D eigenvalue weighted by molar-refractivity contribution is -0.0546. The maximum absolute atomic E-state index is 12.0. The number of carbonyl (C=O) groups is 1. The molecule has 6 heteroatoms. The van der Waals surface area contributed by atoms with E-state index in [-0.39, 0.29) is 12.1 Å². The Bertz CT molecular complexity index is 363. The number of carbonyl (C=O) groups excluding carboxylic acids is 1. The molecule has 1 rings (SSSR count). The van der Waals surface area contributed by atoms with E-state index in [1.165, 1.54) is 0 Å². The highest BCUT2D eigenvalue weighted by Gasteiger charge is 2.26. The van der Waals surface area contributed by atoms with Crippen LogP contribution in [0.2, 0.25) is 25.7 Å². The Morgan fingerprint density at radius 2 is 1.87 bits per heavy atom. The molecule has 0 aromatic rings. The summed E-state index contributed by atoms with van der Waals surface area (Å²) in [5, 5.41) is 0. The Morgan fingerprint density at radius 3 is 2.39 bits per heavy atom. The van der Waals surface area contributed by atoms with Gasteiger partial charge in [-0.1, -0.05) is 19.6 Å². The zero-order valence-corrected chi connectivity index (χ0v) is 16.8. The summed E-state index contributed by atoms with van der Waals surface area (Å²) >= 11 is 0. The summed E-state index contributed by atoms with van der Waals surface area (Å²) in [6.45, 7) is 12.1. The van der Waals surface area contributed by atoms with Crippen LogP contribution in [0, 0.1) is 5.92 Å². The molecule has 1 unspecified atom stereocenters. The highest BCUT2D eigenvalue weighted by Crippen LogP contribution is 2.27. The lowest BCUT2D eigenvalue weighted by Crippen LogP contribution is -2.41. The summed E-state index contributed by atoms with van der Waals surface area (Å²) in [7, 11) is 0.604. The van der Waals surface area contributed by atoms with Crippen LogP contribution < -0.4 is 5.73 Å². The molecule has 2 N–H and O–H groups in total. The fourth-order valence-corrected chi connectivity index (χ4v) is 3.93. The summed E-state index contributed by atoms with van der Waals surface area (Å²) in [5.74, 6) is 0.583. The summed E-state index contributed by atoms with van der Waals surface area (Å²) in [6.07, 6.45) is 3.41. The third-order valence-electron chi connectivity index (χ3n) is 4.33. The van der Waals surface area contributed by atoms with Gasteiger partial charge in [-0.25, -0.2) is 4.79 Å². The van der Waals surface area contributed by atoms with Crippen molar-refractivity contribution in [2.75, 3.05) is 20.2 Å². The quantitative estimate of drug-likeness (QED) is 0.720. The van der Waals surface area contributed by atoms with E-state index in [9.17, 15) is 4.79 Å². The van der Waals surface area contributed by atoms with E-state index < -0.39 is 8.07 Å². The molecule has 4 atom stereocenters. The van der Waals surface area contributed by atoms with E-state index in [0.717, 1.165) is 25.3 Å². The molecule has 0 bridgehead atoms. The van der Waals surface area contributed by atoms with Gasteiger partial charge >= 0.3 is 6.09 Å². The number of rotatable bonds is 7. The molecule has 5 nitrogen and oxygen atoms in total. The number of nitrogens with two attached hydrogens (primary N) is 1. The van der Waals surface area contributed by atoms with Gasteiger partial charge in [-0.3, -0.25) is 0 Å². The first-order valence-electron chi connectivity index (χ1n) is 8.85. The molecule has 1 heterocycles. The SMILES string of the molecule is C[C@@H]1CC(C[C@H](N)CN(C)C(=O)OCC[Si](C)(C)C)C[C@H](C)O1. The third kappa shape index (κ3) is 8.72. The van der Waals surface area contributed by atoms with Gasteiger partial charge in [0.05, 0.1) is 18.8 Å². The number of hydrogen-bond donors (Lipinski definition) is 1. The second-order valence-electron chi connectivity index (χ2n) is 8.40. The van der Waals surface area contributed by atoms with Gasteiger partial charge in [-0.2, -0.15) is 0 Å². The number of nitrogens with zero attached hydrogens (tertiary/aromatic N) is 1. The Balaban J connectivity index is 2.29. The van der Waals surface area contributed by atoms with Gasteiger partial charge in [0.25, 0.3) is 0 Å². The average molecular weight is 345 g/mol. The van der Waals surface area contributed by atoms with Crippen LogP contribution in [0.1, 0.15) is 33.1 Å². The average Bonchev–Trinajstić information content (AvgIpc) is 2.35. The fourth-order valence-electron chi connectivity index (χ4n) is 3.22. The Labute approximate surface area is 142 Å². The second kappa shape index (κ2) is 9.04. The first-order valence-corrected chi connectivity index (χ1v) is 12.6. The monoisotopic (exact) mass is 344 g/mol. The smallest absolute Gasteiger partial charge is 0.409 e. The minimum Gasteiger partial charge on any atom is -0.450 e. The van der Waals surface area contributed by atoms with Crippen LogP contribution >= 0.6 is 0 Å². The predicted octanol–water partition coefficient (Wildman–Crippen LogP) is 3.31. The number of ether oxygens (including phenoxy) is 2. The van der Waals surface area contributed by atoms with E-state index in [0.29, 0.717) is 31.3 Å². The Kier molecular flexibility index (Phi) is 8.04. The fraction of sp³-hybridized carbons (Fsp3) is 0.941. The molecular formula is C17H36N2O3Si. The van der Waals surface area contributed by atoms with Crippen LogP contribution in [0.3, 0.4) is 0 Å². The van der Waals surface area contributed by atoms with Crippen molar-refractivity contribution in [1.29, 1.82) is 0 Å². The van der Waals surface area contributed by atoms with E-state index in [1.54, 1.807) is 11.9 Å². The number of amides is 1. The van der Waals surface area contributed by atoms with Crippen molar-refractivity contribution in [3.05, 3.63) is 0 Å². The van der Waals surface area contributed by atoms with Crippen molar-refractivity contribution < 1.29 is 14.3 Å². The maximum atomic E-state index is 12.0. The van der Waals surface area contributed by atoms with Crippen LogP contribution in [-0.2, 0) is 9.47 Å². The van der Waals surface area contributed by atoms with Gasteiger partial charge in [0.1, 0.15) is 0 Å². The molecule has 0 saturated carbocycles. The van der Waals surface area contributed by atoms with Gasteiger partial charge in [0.2, 0.25) is 0 Å². The molecule has 0 aromatic carbocycles. The summed E-state index contributed by atoms with van der Waals surface area (Å²) < 4.78 is 11.1. The van der Waals surface area contributed by atoms with Crippen LogP contribution in [0.5, 0.6) is 0 Å². The normalized spacial score (nSPS) is 26.7. The lowest BCUT2D eigenvalue weighted by atomic mass is 9.87. The lowest BCUT2D eigenvalue weighted by Gasteiger charge is -2.34. The van der Waals surface area contributed by atoms with Crippen molar-refractivity contribution in [3.8, 4) is 0 Å². The second-order valence-corrected chi connectivity index (χ2v) is 14.0. The predicted molar refractivity (Wildman–Crippen MR) is 97.5 cm³/mol. The Hall–Kier alpha value is -0.593. The summed E-state index contributed by atoms with van der Waals surface area (Å²) in [6, 6.07) is 0.989. The van der Waals surface area contributed by atoms with E-state index in [1.807, 2.05) is 0 Å². The van der Waals surface area contributed by atoms with Crippen LogP contribution in [0.25, 0.3) is 0 Å². The molecule has 0 aromatic heterocycles. The standard InChI is InChI=1S/C17H36N2O3Si/c1-13-9-15(10-14(2)22-13)11-16(18)12-19(3)17(20)21-7-8-23(4,5)6/h13-16H,7-12,18H2,1-6H3/t13-,14+,15?,16-/m0/s1.